The number of primary amides is 1. The lowest BCUT2D eigenvalue weighted by Gasteiger charge is -2.20. The average Bonchev–Trinajstić information content (AvgIpc) is 2.24. The van der Waals surface area contributed by atoms with Crippen LogP contribution in [0.3, 0.4) is 0 Å². The Labute approximate surface area is 123 Å². The Morgan fingerprint density at radius 3 is 1.86 bits per heavy atom. The van der Waals surface area contributed by atoms with Crippen LogP contribution in [-0.4, -0.2) is 35.3 Å². The molecule has 0 radical (unpaired) electrons. The largest absolute Gasteiger partial charge is 0.366 e. The molecular weight excluding hydrogens is 318 g/mol. The Balaban J connectivity index is 4.19. The molecule has 0 unspecified atom stereocenters. The summed E-state index contributed by atoms with van der Waals surface area (Å²) in [6, 6.07) is 0.940. The molecule has 0 atom stereocenters. The highest BCUT2D eigenvalue weighted by Gasteiger charge is 2.30. The molecular formula is C11H17N3O5S2. The van der Waals surface area contributed by atoms with Gasteiger partial charge >= 0.3 is 0 Å². The van der Waals surface area contributed by atoms with Gasteiger partial charge in [0.05, 0.1) is 16.0 Å². The van der Waals surface area contributed by atoms with Crippen molar-refractivity contribution in [2.24, 2.45) is 17.2 Å². The third-order valence-corrected chi connectivity index (χ3v) is 5.35. The maximum atomic E-state index is 12.0. The lowest BCUT2D eigenvalue weighted by molar-refractivity contribution is 0.0999. The summed E-state index contributed by atoms with van der Waals surface area (Å²) in [6.45, 7) is 1.41. The van der Waals surface area contributed by atoms with Crippen molar-refractivity contribution in [3.8, 4) is 0 Å². The fourth-order valence-corrected chi connectivity index (χ4v) is 4.87. The first-order valence-corrected chi connectivity index (χ1v) is 9.45. The molecule has 0 saturated heterocycles. The third-order valence-electron chi connectivity index (χ3n) is 2.92. The summed E-state index contributed by atoms with van der Waals surface area (Å²) in [5.74, 6) is -0.903. The summed E-state index contributed by atoms with van der Waals surface area (Å²) in [7, 11) is -7.89. The Morgan fingerprint density at radius 1 is 1.10 bits per heavy atom. The molecule has 0 aliphatic heterocycles. The first kappa shape index (κ1) is 17.6. The Hall–Kier alpha value is -1.49. The van der Waals surface area contributed by atoms with E-state index in [1.807, 2.05) is 0 Å². The van der Waals surface area contributed by atoms with Gasteiger partial charge in [0.25, 0.3) is 0 Å². The molecule has 0 aliphatic rings. The number of hydrogen-bond donors (Lipinski definition) is 3. The molecule has 0 aromatic heterocycles. The number of carbonyl (C=O) groups excluding carboxylic acids is 1. The molecule has 1 aromatic carbocycles. The SMILES string of the molecule is Cc1c(C(N)=O)cc(S(C)(=O)=O)c(S(C)(=O)=O)c1C(N)N. The normalized spacial score (nSPS) is 12.7. The van der Waals surface area contributed by atoms with Gasteiger partial charge in [-0.25, -0.2) is 16.8 Å². The van der Waals surface area contributed by atoms with Crippen molar-refractivity contribution >= 4 is 25.6 Å². The van der Waals surface area contributed by atoms with Crippen molar-refractivity contribution in [1.29, 1.82) is 0 Å². The van der Waals surface area contributed by atoms with Crippen molar-refractivity contribution < 1.29 is 21.6 Å². The van der Waals surface area contributed by atoms with E-state index in [4.69, 9.17) is 17.2 Å². The van der Waals surface area contributed by atoms with E-state index < -0.39 is 41.5 Å². The number of carbonyl (C=O) groups is 1. The summed E-state index contributed by atoms with van der Waals surface area (Å²) in [5, 5.41) is 0. The van der Waals surface area contributed by atoms with E-state index in [0.29, 0.717) is 0 Å². The minimum Gasteiger partial charge on any atom is -0.366 e. The van der Waals surface area contributed by atoms with Crippen LogP contribution in [0.15, 0.2) is 15.9 Å². The number of rotatable bonds is 4. The lowest BCUT2D eigenvalue weighted by Crippen LogP contribution is -2.27. The predicted molar refractivity (Wildman–Crippen MR) is 77.0 cm³/mol. The van der Waals surface area contributed by atoms with Crippen molar-refractivity contribution in [1.82, 2.24) is 0 Å². The molecule has 0 aliphatic carbocycles. The van der Waals surface area contributed by atoms with E-state index >= 15 is 0 Å². The van der Waals surface area contributed by atoms with Gasteiger partial charge in [0.1, 0.15) is 0 Å². The molecule has 1 aromatic rings. The number of benzene rings is 1. The van der Waals surface area contributed by atoms with Crippen LogP contribution in [0.1, 0.15) is 27.7 Å². The fraction of sp³-hybridized carbons (Fsp3) is 0.364. The number of sulfone groups is 2. The van der Waals surface area contributed by atoms with Gasteiger partial charge in [-0.3, -0.25) is 4.79 Å². The van der Waals surface area contributed by atoms with E-state index in [2.05, 4.69) is 0 Å². The zero-order valence-electron chi connectivity index (χ0n) is 11.7. The molecule has 0 fully saturated rings. The molecule has 10 heteroatoms. The highest BCUT2D eigenvalue weighted by molar-refractivity contribution is 7.93. The number of amides is 1. The quantitative estimate of drug-likeness (QED) is 0.582. The molecule has 0 saturated carbocycles. The Bertz CT molecular complexity index is 811. The van der Waals surface area contributed by atoms with Crippen LogP contribution in [0.25, 0.3) is 0 Å². The molecule has 118 valence electrons. The highest BCUT2D eigenvalue weighted by Crippen LogP contribution is 2.32. The number of hydrogen-bond acceptors (Lipinski definition) is 7. The van der Waals surface area contributed by atoms with Gasteiger partial charge in [0.2, 0.25) is 5.91 Å². The first-order chi connectivity index (χ1) is 9.28. The smallest absolute Gasteiger partial charge is 0.249 e. The molecule has 0 spiro atoms. The second-order valence-corrected chi connectivity index (χ2v) is 8.66. The summed E-state index contributed by atoms with van der Waals surface area (Å²) < 4.78 is 47.7. The Morgan fingerprint density at radius 2 is 1.57 bits per heavy atom. The summed E-state index contributed by atoms with van der Waals surface area (Å²) in [4.78, 5) is 10.4. The van der Waals surface area contributed by atoms with Gasteiger partial charge in [0.15, 0.2) is 19.7 Å². The molecule has 0 heterocycles. The van der Waals surface area contributed by atoms with Crippen LogP contribution < -0.4 is 17.2 Å². The van der Waals surface area contributed by atoms with Crippen molar-refractivity contribution in [2.75, 3.05) is 12.5 Å². The third kappa shape index (κ3) is 3.40. The van der Waals surface area contributed by atoms with E-state index in [-0.39, 0.29) is 16.7 Å². The minimum absolute atomic E-state index is 0.130. The van der Waals surface area contributed by atoms with Crippen molar-refractivity contribution in [3.63, 3.8) is 0 Å². The van der Waals surface area contributed by atoms with Crippen LogP contribution in [0.5, 0.6) is 0 Å². The molecule has 1 amide bonds. The molecule has 0 bridgehead atoms. The van der Waals surface area contributed by atoms with Gasteiger partial charge in [-0.1, -0.05) is 0 Å². The molecule has 6 N–H and O–H groups in total. The zero-order valence-corrected chi connectivity index (χ0v) is 13.4. The second-order valence-electron chi connectivity index (χ2n) is 4.72. The number of nitrogens with two attached hydrogens (primary N) is 3. The van der Waals surface area contributed by atoms with Crippen LogP contribution in [0.4, 0.5) is 0 Å². The van der Waals surface area contributed by atoms with Crippen LogP contribution >= 0.6 is 0 Å². The minimum atomic E-state index is -3.95. The highest BCUT2D eigenvalue weighted by atomic mass is 32.2. The van der Waals surface area contributed by atoms with E-state index in [9.17, 15) is 21.6 Å². The van der Waals surface area contributed by atoms with E-state index in [0.717, 1.165) is 18.6 Å². The van der Waals surface area contributed by atoms with Crippen LogP contribution in [0, 0.1) is 6.92 Å². The van der Waals surface area contributed by atoms with Gasteiger partial charge in [-0.2, -0.15) is 0 Å². The van der Waals surface area contributed by atoms with E-state index in [1.54, 1.807) is 0 Å². The first-order valence-electron chi connectivity index (χ1n) is 5.67. The monoisotopic (exact) mass is 335 g/mol. The van der Waals surface area contributed by atoms with Crippen LogP contribution in [0.2, 0.25) is 0 Å². The summed E-state index contributed by atoms with van der Waals surface area (Å²) in [6.07, 6.45) is 0.379. The summed E-state index contributed by atoms with van der Waals surface area (Å²) in [5.41, 5.74) is 16.2. The van der Waals surface area contributed by atoms with Crippen molar-refractivity contribution in [3.05, 3.63) is 22.8 Å². The lowest BCUT2D eigenvalue weighted by atomic mass is 10.00. The van der Waals surface area contributed by atoms with Gasteiger partial charge in [0, 0.05) is 23.6 Å². The topological polar surface area (TPSA) is 163 Å². The summed E-state index contributed by atoms with van der Waals surface area (Å²) >= 11 is 0. The predicted octanol–water partition coefficient (Wildman–Crippen LogP) is -1.18. The Kier molecular flexibility index (Phi) is 4.49. The van der Waals surface area contributed by atoms with Gasteiger partial charge < -0.3 is 17.2 Å². The molecule has 1 rings (SSSR count). The molecule has 21 heavy (non-hydrogen) atoms. The maximum Gasteiger partial charge on any atom is 0.249 e. The average molecular weight is 335 g/mol. The maximum absolute atomic E-state index is 12.0. The van der Waals surface area contributed by atoms with Crippen molar-refractivity contribution in [2.45, 2.75) is 22.9 Å². The second kappa shape index (κ2) is 5.37. The molecule has 8 nitrogen and oxygen atoms in total. The zero-order chi connectivity index (χ0) is 16.7. The van der Waals surface area contributed by atoms with E-state index in [1.165, 1.54) is 6.92 Å². The standard InChI is InChI=1S/C11H17N3O5S2/c1-5-6(11(14)15)4-7(20(2,16)17)9(21(3,18)19)8(5)10(12)13/h4,10H,12-13H2,1-3H3,(H2,14,15). The fourth-order valence-electron chi connectivity index (χ4n) is 2.07. The van der Waals surface area contributed by atoms with Gasteiger partial charge in [-0.15, -0.1) is 0 Å². The van der Waals surface area contributed by atoms with Gasteiger partial charge in [-0.05, 0) is 18.6 Å². The van der Waals surface area contributed by atoms with Crippen LogP contribution in [-0.2, 0) is 19.7 Å².